The number of halogens is 1. The Morgan fingerprint density at radius 2 is 2.33 bits per heavy atom. The Labute approximate surface area is 60.1 Å². The Morgan fingerprint density at radius 3 is 2.78 bits per heavy atom. The van der Waals surface area contributed by atoms with E-state index in [1.807, 2.05) is 6.92 Å². The van der Waals surface area contributed by atoms with E-state index in [4.69, 9.17) is 16.3 Å². The maximum Gasteiger partial charge on any atom is 0.221 e. The topological polar surface area (TPSA) is 26.3 Å². The molecule has 0 atom stereocenters. The van der Waals surface area contributed by atoms with Gasteiger partial charge in [0.05, 0.1) is 0 Å². The van der Waals surface area contributed by atoms with Crippen molar-refractivity contribution in [1.82, 2.24) is 0 Å². The van der Waals surface area contributed by atoms with Crippen LogP contribution < -0.4 is 0 Å². The summed E-state index contributed by atoms with van der Waals surface area (Å²) in [4.78, 5) is 10.1. The van der Waals surface area contributed by atoms with E-state index >= 15 is 0 Å². The highest BCUT2D eigenvalue weighted by Crippen LogP contribution is 1.94. The number of hydrogen-bond acceptors (Lipinski definition) is 2. The SMILES string of the molecule is CCOCCCC(=O)Cl. The predicted molar refractivity (Wildman–Crippen MR) is 36.6 cm³/mol. The van der Waals surface area contributed by atoms with Crippen LogP contribution in [0.25, 0.3) is 0 Å². The quantitative estimate of drug-likeness (QED) is 0.439. The van der Waals surface area contributed by atoms with E-state index in [1.54, 1.807) is 0 Å². The van der Waals surface area contributed by atoms with Gasteiger partial charge in [-0.05, 0) is 24.9 Å². The van der Waals surface area contributed by atoms with Gasteiger partial charge in [0.1, 0.15) is 0 Å². The molecule has 0 heterocycles. The van der Waals surface area contributed by atoms with Crippen LogP contribution in [0.1, 0.15) is 19.8 Å². The first-order chi connectivity index (χ1) is 4.27. The average Bonchev–Trinajstić information content (AvgIpc) is 1.80. The molecule has 0 radical (unpaired) electrons. The summed E-state index contributed by atoms with van der Waals surface area (Å²) in [5, 5.41) is -0.283. The van der Waals surface area contributed by atoms with E-state index in [0.29, 0.717) is 19.6 Å². The summed E-state index contributed by atoms with van der Waals surface area (Å²) < 4.78 is 4.97. The van der Waals surface area contributed by atoms with E-state index < -0.39 is 0 Å². The third kappa shape index (κ3) is 7.92. The van der Waals surface area contributed by atoms with Crippen molar-refractivity contribution >= 4 is 16.8 Å². The van der Waals surface area contributed by atoms with Gasteiger partial charge in [0, 0.05) is 19.6 Å². The molecule has 0 aliphatic carbocycles. The van der Waals surface area contributed by atoms with Crippen molar-refractivity contribution in [3.63, 3.8) is 0 Å². The minimum absolute atomic E-state index is 0.283. The Morgan fingerprint density at radius 1 is 1.67 bits per heavy atom. The van der Waals surface area contributed by atoms with E-state index in [0.717, 1.165) is 6.42 Å². The van der Waals surface area contributed by atoms with Crippen molar-refractivity contribution in [3.05, 3.63) is 0 Å². The zero-order chi connectivity index (χ0) is 7.11. The average molecular weight is 151 g/mol. The summed E-state index contributed by atoms with van der Waals surface area (Å²) in [6.45, 7) is 3.26. The molecule has 0 N–H and O–H groups in total. The lowest BCUT2D eigenvalue weighted by molar-refractivity contribution is -0.112. The first kappa shape index (κ1) is 8.92. The number of ether oxygens (including phenoxy) is 1. The zero-order valence-corrected chi connectivity index (χ0v) is 6.28. The second-order valence-electron chi connectivity index (χ2n) is 1.66. The lowest BCUT2D eigenvalue weighted by Crippen LogP contribution is -1.95. The van der Waals surface area contributed by atoms with Crippen LogP contribution in [0.3, 0.4) is 0 Å². The van der Waals surface area contributed by atoms with Gasteiger partial charge in [-0.25, -0.2) is 0 Å². The molecule has 54 valence electrons. The summed E-state index contributed by atoms with van der Waals surface area (Å²) in [6, 6.07) is 0. The lowest BCUT2D eigenvalue weighted by atomic mass is 10.3. The van der Waals surface area contributed by atoms with Gasteiger partial charge in [-0.2, -0.15) is 0 Å². The molecule has 0 saturated heterocycles. The van der Waals surface area contributed by atoms with Gasteiger partial charge in [0.15, 0.2) is 0 Å². The van der Waals surface area contributed by atoms with Crippen LogP contribution in [-0.2, 0) is 9.53 Å². The van der Waals surface area contributed by atoms with Crippen molar-refractivity contribution in [3.8, 4) is 0 Å². The number of rotatable bonds is 5. The maximum absolute atomic E-state index is 10.1. The Hall–Kier alpha value is -0.0800. The van der Waals surface area contributed by atoms with Gasteiger partial charge in [-0.3, -0.25) is 4.79 Å². The summed E-state index contributed by atoms with van der Waals surface area (Å²) in [7, 11) is 0. The Kier molecular flexibility index (Phi) is 5.99. The van der Waals surface area contributed by atoms with Crippen LogP contribution in [0.5, 0.6) is 0 Å². The van der Waals surface area contributed by atoms with Crippen molar-refractivity contribution in [2.45, 2.75) is 19.8 Å². The lowest BCUT2D eigenvalue weighted by Gasteiger charge is -1.95. The fourth-order valence-corrected chi connectivity index (χ4v) is 0.591. The molecule has 0 saturated carbocycles. The van der Waals surface area contributed by atoms with E-state index in [9.17, 15) is 4.79 Å². The molecule has 0 aromatic carbocycles. The molecule has 9 heavy (non-hydrogen) atoms. The Bertz CT molecular complexity index is 83.1. The normalized spacial score (nSPS) is 9.56. The first-order valence-corrected chi connectivity index (χ1v) is 3.41. The van der Waals surface area contributed by atoms with Gasteiger partial charge in [0.2, 0.25) is 5.24 Å². The van der Waals surface area contributed by atoms with Gasteiger partial charge in [0.25, 0.3) is 0 Å². The summed E-state index contributed by atoms with van der Waals surface area (Å²) in [6.07, 6.45) is 1.15. The first-order valence-electron chi connectivity index (χ1n) is 3.03. The highest BCUT2D eigenvalue weighted by atomic mass is 35.5. The van der Waals surface area contributed by atoms with Gasteiger partial charge >= 0.3 is 0 Å². The molecule has 0 aromatic heterocycles. The van der Waals surface area contributed by atoms with Crippen LogP contribution in [0.15, 0.2) is 0 Å². The van der Waals surface area contributed by atoms with Crippen LogP contribution >= 0.6 is 11.6 Å². The molecule has 2 nitrogen and oxygen atoms in total. The van der Waals surface area contributed by atoms with Gasteiger partial charge in [-0.15, -0.1) is 0 Å². The third-order valence-electron chi connectivity index (χ3n) is 0.866. The van der Waals surface area contributed by atoms with Crippen LogP contribution in [0.2, 0.25) is 0 Å². The van der Waals surface area contributed by atoms with Crippen LogP contribution in [-0.4, -0.2) is 18.5 Å². The highest BCUT2D eigenvalue weighted by Gasteiger charge is 1.93. The molecular weight excluding hydrogens is 140 g/mol. The molecule has 0 aromatic rings. The molecule has 0 spiro atoms. The second-order valence-corrected chi connectivity index (χ2v) is 2.08. The molecule has 0 unspecified atom stereocenters. The maximum atomic E-state index is 10.1. The van der Waals surface area contributed by atoms with Gasteiger partial charge < -0.3 is 4.74 Å². The molecule has 3 heteroatoms. The molecule has 0 fully saturated rings. The van der Waals surface area contributed by atoms with E-state index in [2.05, 4.69) is 0 Å². The molecule has 0 aliphatic rings. The standard InChI is InChI=1S/C6H11ClO2/c1-2-9-5-3-4-6(7)8/h2-5H2,1H3. The van der Waals surface area contributed by atoms with E-state index in [1.165, 1.54) is 0 Å². The predicted octanol–water partition coefficient (Wildman–Crippen LogP) is 1.57. The number of carbonyl (C=O) groups is 1. The van der Waals surface area contributed by atoms with Crippen molar-refractivity contribution < 1.29 is 9.53 Å². The number of carbonyl (C=O) groups excluding carboxylic acids is 1. The van der Waals surface area contributed by atoms with E-state index in [-0.39, 0.29) is 5.24 Å². The molecule has 0 aliphatic heterocycles. The summed E-state index contributed by atoms with van der Waals surface area (Å²) in [5.74, 6) is 0. The fourth-order valence-electron chi connectivity index (χ4n) is 0.458. The van der Waals surface area contributed by atoms with Crippen molar-refractivity contribution in [1.29, 1.82) is 0 Å². The van der Waals surface area contributed by atoms with Crippen LogP contribution in [0.4, 0.5) is 0 Å². The third-order valence-corrected chi connectivity index (χ3v) is 1.06. The zero-order valence-electron chi connectivity index (χ0n) is 5.52. The highest BCUT2D eigenvalue weighted by molar-refractivity contribution is 6.63. The van der Waals surface area contributed by atoms with Gasteiger partial charge in [-0.1, -0.05) is 0 Å². The molecule has 0 amide bonds. The summed E-state index contributed by atoms with van der Waals surface area (Å²) in [5.41, 5.74) is 0. The van der Waals surface area contributed by atoms with Crippen LogP contribution in [0, 0.1) is 0 Å². The minimum Gasteiger partial charge on any atom is -0.382 e. The summed E-state index contributed by atoms with van der Waals surface area (Å²) >= 11 is 5.06. The Balaban J connectivity index is 2.83. The molecular formula is C6H11ClO2. The van der Waals surface area contributed by atoms with Crippen molar-refractivity contribution in [2.24, 2.45) is 0 Å². The van der Waals surface area contributed by atoms with Crippen molar-refractivity contribution in [2.75, 3.05) is 13.2 Å². The second kappa shape index (κ2) is 6.05. The number of hydrogen-bond donors (Lipinski definition) is 0. The molecule has 0 rings (SSSR count). The minimum atomic E-state index is -0.283. The smallest absolute Gasteiger partial charge is 0.221 e. The largest absolute Gasteiger partial charge is 0.382 e. The monoisotopic (exact) mass is 150 g/mol. The fraction of sp³-hybridized carbons (Fsp3) is 0.833. The molecule has 0 bridgehead atoms.